The minimum Gasteiger partial charge on any atom is -0.393 e. The predicted molar refractivity (Wildman–Crippen MR) is 43.2 cm³/mol. The van der Waals surface area contributed by atoms with Crippen LogP contribution in [0.25, 0.3) is 0 Å². The van der Waals surface area contributed by atoms with Crippen molar-refractivity contribution in [3.05, 3.63) is 11.1 Å². The van der Waals surface area contributed by atoms with E-state index in [-0.39, 0.29) is 13.2 Å². The summed E-state index contributed by atoms with van der Waals surface area (Å²) >= 11 is 0. The molecule has 0 unspecified atom stereocenters. The van der Waals surface area contributed by atoms with Gasteiger partial charge in [-0.15, -0.1) is 0 Å². The molecule has 0 radical (unpaired) electrons. The number of hydrogen-bond acceptors (Lipinski definition) is 3. The fraction of sp³-hybridized carbons (Fsp3) is 0.750. The largest absolute Gasteiger partial charge is 0.393 e. The maximum absolute atomic E-state index is 9.47. The normalized spacial score (nSPS) is 19.1. The van der Waals surface area contributed by atoms with E-state index in [0.717, 1.165) is 0 Å². The Kier molecular flexibility index (Phi) is 3.72. The van der Waals surface area contributed by atoms with Crippen molar-refractivity contribution < 1.29 is 15.3 Å². The molecular formula is C8H16O3. The summed E-state index contributed by atoms with van der Waals surface area (Å²) in [5, 5.41) is 26.9. The van der Waals surface area contributed by atoms with Gasteiger partial charge in [0.05, 0.1) is 13.2 Å². The van der Waals surface area contributed by atoms with E-state index >= 15 is 0 Å². The van der Waals surface area contributed by atoms with E-state index in [1.54, 1.807) is 13.8 Å². The molecule has 1 atom stereocenters. The van der Waals surface area contributed by atoms with Gasteiger partial charge >= 0.3 is 0 Å². The third-order valence-corrected chi connectivity index (χ3v) is 1.99. The van der Waals surface area contributed by atoms with Gasteiger partial charge in [0.15, 0.2) is 0 Å². The van der Waals surface area contributed by atoms with Crippen molar-refractivity contribution in [3.63, 3.8) is 0 Å². The summed E-state index contributed by atoms with van der Waals surface area (Å²) in [5.41, 5.74) is 0.124. The Morgan fingerprint density at radius 2 is 1.73 bits per heavy atom. The highest BCUT2D eigenvalue weighted by molar-refractivity contribution is 5.19. The highest BCUT2D eigenvalue weighted by Gasteiger charge is 2.22. The van der Waals surface area contributed by atoms with Gasteiger partial charge in [-0.3, -0.25) is 0 Å². The topological polar surface area (TPSA) is 60.7 Å². The van der Waals surface area contributed by atoms with Gasteiger partial charge in [0.1, 0.15) is 5.60 Å². The Morgan fingerprint density at radius 3 is 2.00 bits per heavy atom. The highest BCUT2D eigenvalue weighted by atomic mass is 16.3. The molecule has 0 aliphatic carbocycles. The second-order valence-electron chi connectivity index (χ2n) is 3.00. The molecule has 3 nitrogen and oxygen atoms in total. The van der Waals surface area contributed by atoms with E-state index < -0.39 is 5.60 Å². The second kappa shape index (κ2) is 3.85. The molecule has 0 aromatic carbocycles. The molecule has 66 valence electrons. The van der Waals surface area contributed by atoms with Gasteiger partial charge in [-0.2, -0.15) is 0 Å². The Balaban J connectivity index is 4.57. The standard InChI is InChI=1S/C8H16O3/c1-6(4-9)7(2)8(3,11)5-10/h9-11H,4-5H2,1-3H3/b7-6+/t8-/m0/s1. The smallest absolute Gasteiger partial charge is 0.106 e. The van der Waals surface area contributed by atoms with E-state index in [0.29, 0.717) is 11.1 Å². The summed E-state index contributed by atoms with van der Waals surface area (Å²) < 4.78 is 0. The summed E-state index contributed by atoms with van der Waals surface area (Å²) in [6.45, 7) is 4.53. The molecule has 0 bridgehead atoms. The van der Waals surface area contributed by atoms with Crippen LogP contribution in [0.2, 0.25) is 0 Å². The Morgan fingerprint density at radius 1 is 1.27 bits per heavy atom. The van der Waals surface area contributed by atoms with Crippen molar-refractivity contribution in [2.45, 2.75) is 26.4 Å². The predicted octanol–water partition coefficient (Wildman–Crippen LogP) is 0.0584. The third-order valence-electron chi connectivity index (χ3n) is 1.99. The molecule has 0 aromatic rings. The molecule has 0 saturated heterocycles. The first-order chi connectivity index (χ1) is 4.95. The zero-order valence-electron chi connectivity index (χ0n) is 7.26. The van der Waals surface area contributed by atoms with Crippen molar-refractivity contribution in [1.29, 1.82) is 0 Å². The minimum atomic E-state index is -1.20. The van der Waals surface area contributed by atoms with Crippen LogP contribution in [0, 0.1) is 0 Å². The SMILES string of the molecule is C/C(CO)=C(/C)[C@@](C)(O)CO. The summed E-state index contributed by atoms with van der Waals surface area (Å²) in [6, 6.07) is 0. The van der Waals surface area contributed by atoms with Crippen molar-refractivity contribution in [2.75, 3.05) is 13.2 Å². The Labute approximate surface area is 67.0 Å². The molecular weight excluding hydrogens is 144 g/mol. The molecule has 0 rings (SSSR count). The van der Waals surface area contributed by atoms with Crippen molar-refractivity contribution >= 4 is 0 Å². The first-order valence-electron chi connectivity index (χ1n) is 3.56. The van der Waals surface area contributed by atoms with Crippen molar-refractivity contribution in [1.82, 2.24) is 0 Å². The molecule has 11 heavy (non-hydrogen) atoms. The Bertz CT molecular complexity index is 159. The van der Waals surface area contributed by atoms with E-state index in [4.69, 9.17) is 10.2 Å². The lowest BCUT2D eigenvalue weighted by Gasteiger charge is -2.23. The van der Waals surface area contributed by atoms with Crippen LogP contribution in [0.15, 0.2) is 11.1 Å². The van der Waals surface area contributed by atoms with Crippen LogP contribution in [0.1, 0.15) is 20.8 Å². The fourth-order valence-corrected chi connectivity index (χ4v) is 0.697. The average Bonchev–Trinajstić information content (AvgIpc) is 2.01. The molecule has 0 aliphatic rings. The third kappa shape index (κ3) is 2.61. The number of aliphatic hydroxyl groups is 3. The lowest BCUT2D eigenvalue weighted by Crippen LogP contribution is -2.31. The van der Waals surface area contributed by atoms with Gasteiger partial charge in [0, 0.05) is 0 Å². The minimum absolute atomic E-state index is 0.0814. The molecule has 0 fully saturated rings. The van der Waals surface area contributed by atoms with Gasteiger partial charge in [-0.05, 0) is 31.9 Å². The summed E-state index contributed by atoms with van der Waals surface area (Å²) in [5.74, 6) is 0. The first kappa shape index (κ1) is 10.6. The van der Waals surface area contributed by atoms with Crippen LogP contribution < -0.4 is 0 Å². The summed E-state index contributed by atoms with van der Waals surface area (Å²) in [7, 11) is 0. The molecule has 0 saturated carbocycles. The van der Waals surface area contributed by atoms with Crippen molar-refractivity contribution in [2.24, 2.45) is 0 Å². The van der Waals surface area contributed by atoms with E-state index in [2.05, 4.69) is 0 Å². The second-order valence-corrected chi connectivity index (χ2v) is 3.00. The summed E-state index contributed by atoms with van der Waals surface area (Å²) in [6.07, 6.45) is 0. The molecule has 0 spiro atoms. The zero-order valence-corrected chi connectivity index (χ0v) is 7.26. The van der Waals surface area contributed by atoms with E-state index in [1.807, 2.05) is 0 Å². The Hall–Kier alpha value is -0.380. The van der Waals surface area contributed by atoms with E-state index in [9.17, 15) is 5.11 Å². The maximum Gasteiger partial charge on any atom is 0.106 e. The quantitative estimate of drug-likeness (QED) is 0.511. The molecule has 3 N–H and O–H groups in total. The van der Waals surface area contributed by atoms with Gasteiger partial charge in [0.25, 0.3) is 0 Å². The average molecular weight is 160 g/mol. The van der Waals surface area contributed by atoms with Crippen LogP contribution >= 0.6 is 0 Å². The molecule has 0 aliphatic heterocycles. The van der Waals surface area contributed by atoms with Gasteiger partial charge in [-0.1, -0.05) is 0 Å². The van der Waals surface area contributed by atoms with Crippen LogP contribution in [0.5, 0.6) is 0 Å². The van der Waals surface area contributed by atoms with Gasteiger partial charge < -0.3 is 15.3 Å². The monoisotopic (exact) mass is 160 g/mol. The highest BCUT2D eigenvalue weighted by Crippen LogP contribution is 2.18. The van der Waals surface area contributed by atoms with Crippen LogP contribution in [-0.4, -0.2) is 34.1 Å². The number of aliphatic hydroxyl groups excluding tert-OH is 2. The van der Waals surface area contributed by atoms with Crippen LogP contribution in [0.3, 0.4) is 0 Å². The van der Waals surface area contributed by atoms with Gasteiger partial charge in [-0.25, -0.2) is 0 Å². The zero-order chi connectivity index (χ0) is 9.07. The first-order valence-corrected chi connectivity index (χ1v) is 3.56. The fourth-order valence-electron chi connectivity index (χ4n) is 0.697. The number of hydrogen-bond donors (Lipinski definition) is 3. The molecule has 0 amide bonds. The molecule has 0 heterocycles. The van der Waals surface area contributed by atoms with Crippen LogP contribution in [-0.2, 0) is 0 Å². The molecule has 0 aromatic heterocycles. The van der Waals surface area contributed by atoms with Gasteiger partial charge in [0.2, 0.25) is 0 Å². The number of rotatable bonds is 3. The summed E-state index contributed by atoms with van der Waals surface area (Å²) in [4.78, 5) is 0. The lowest BCUT2D eigenvalue weighted by atomic mass is 9.94. The van der Waals surface area contributed by atoms with Crippen molar-refractivity contribution in [3.8, 4) is 0 Å². The van der Waals surface area contributed by atoms with Crippen LogP contribution in [0.4, 0.5) is 0 Å². The van der Waals surface area contributed by atoms with E-state index in [1.165, 1.54) is 6.92 Å². The lowest BCUT2D eigenvalue weighted by molar-refractivity contribution is 0.0319. The maximum atomic E-state index is 9.47. The molecule has 3 heteroatoms.